The van der Waals surface area contributed by atoms with Gasteiger partial charge in [0, 0.05) is 28.5 Å². The summed E-state index contributed by atoms with van der Waals surface area (Å²) in [6, 6.07) is 15.6. The lowest BCUT2D eigenvalue weighted by atomic mass is 10.2. The third kappa shape index (κ3) is 3.31. The van der Waals surface area contributed by atoms with E-state index in [2.05, 4.69) is 9.29 Å². The maximum absolute atomic E-state index is 12.4. The van der Waals surface area contributed by atoms with Crippen molar-refractivity contribution < 1.29 is 8.42 Å². The molecule has 0 unspecified atom stereocenters. The molecule has 2 heterocycles. The van der Waals surface area contributed by atoms with E-state index < -0.39 is 10.0 Å². The van der Waals surface area contributed by atoms with E-state index in [9.17, 15) is 8.42 Å². The van der Waals surface area contributed by atoms with Crippen LogP contribution in [0.5, 0.6) is 0 Å². The molecule has 24 heavy (non-hydrogen) atoms. The summed E-state index contributed by atoms with van der Waals surface area (Å²) in [7, 11) is -3.46. The first kappa shape index (κ1) is 17.0. The molecule has 2 aromatic heterocycles. The third-order valence-electron chi connectivity index (χ3n) is 3.98. The smallest absolute Gasteiger partial charge is 0.250 e. The molecule has 3 rings (SSSR count). The highest BCUT2D eigenvalue weighted by Crippen LogP contribution is 2.23. The number of nitrogens with zero attached hydrogens (tertiary/aromatic N) is 1. The first-order valence-corrected chi connectivity index (χ1v) is 9.98. The van der Waals surface area contributed by atoms with Gasteiger partial charge in [-0.05, 0) is 56.7 Å². The van der Waals surface area contributed by atoms with Crippen LogP contribution in [0.1, 0.15) is 21.8 Å². The van der Waals surface area contributed by atoms with Crippen LogP contribution < -0.4 is 4.72 Å². The van der Waals surface area contributed by atoms with Gasteiger partial charge in [-0.25, -0.2) is 13.1 Å². The SMILES string of the molecule is Cc1ccc(S(=O)(=O)NCc2cc(C)n(-c3ccccc3)c2C)s1. The number of hydrogen-bond donors (Lipinski definition) is 1. The summed E-state index contributed by atoms with van der Waals surface area (Å²) >= 11 is 1.28. The molecule has 4 nitrogen and oxygen atoms in total. The summed E-state index contributed by atoms with van der Waals surface area (Å²) in [6.07, 6.45) is 0. The van der Waals surface area contributed by atoms with Gasteiger partial charge in [-0.2, -0.15) is 0 Å². The molecule has 1 aromatic carbocycles. The summed E-state index contributed by atoms with van der Waals surface area (Å²) < 4.78 is 30.0. The van der Waals surface area contributed by atoms with Gasteiger partial charge in [0.2, 0.25) is 10.0 Å². The van der Waals surface area contributed by atoms with Crippen molar-refractivity contribution in [2.75, 3.05) is 0 Å². The van der Waals surface area contributed by atoms with Crippen molar-refractivity contribution in [3.8, 4) is 5.69 Å². The largest absolute Gasteiger partial charge is 0.318 e. The Labute approximate surface area is 146 Å². The van der Waals surface area contributed by atoms with Crippen LogP contribution in [0.15, 0.2) is 52.7 Å². The standard InChI is InChI=1S/C18H20N2O2S2/c1-13-11-16(15(3)20(13)17-7-5-4-6-8-17)12-19-24(21,22)18-10-9-14(2)23-18/h4-11,19H,12H2,1-3H3. The van der Waals surface area contributed by atoms with Crippen LogP contribution in [0.25, 0.3) is 5.69 Å². The number of para-hydroxylation sites is 1. The van der Waals surface area contributed by atoms with Crippen LogP contribution in [-0.4, -0.2) is 13.0 Å². The molecule has 1 N–H and O–H groups in total. The molecule has 0 amide bonds. The van der Waals surface area contributed by atoms with E-state index in [0.717, 1.165) is 27.5 Å². The molecule has 126 valence electrons. The number of sulfonamides is 1. The summed E-state index contributed by atoms with van der Waals surface area (Å²) in [5.74, 6) is 0. The molecule has 0 saturated heterocycles. The highest BCUT2D eigenvalue weighted by Gasteiger charge is 2.18. The minimum atomic E-state index is -3.46. The number of aromatic nitrogens is 1. The zero-order chi connectivity index (χ0) is 17.3. The van der Waals surface area contributed by atoms with E-state index in [4.69, 9.17) is 0 Å². The maximum atomic E-state index is 12.4. The molecular weight excluding hydrogens is 340 g/mol. The number of thiophene rings is 1. The van der Waals surface area contributed by atoms with Gasteiger partial charge in [0.1, 0.15) is 4.21 Å². The topological polar surface area (TPSA) is 51.1 Å². The maximum Gasteiger partial charge on any atom is 0.250 e. The average Bonchev–Trinajstić information content (AvgIpc) is 3.10. The third-order valence-corrected chi connectivity index (χ3v) is 6.88. The molecule has 0 bridgehead atoms. The minimum absolute atomic E-state index is 0.284. The lowest BCUT2D eigenvalue weighted by Gasteiger charge is -2.10. The Morgan fingerprint density at radius 1 is 1.04 bits per heavy atom. The van der Waals surface area contributed by atoms with Crippen LogP contribution >= 0.6 is 11.3 Å². The van der Waals surface area contributed by atoms with Crippen LogP contribution in [0.4, 0.5) is 0 Å². The van der Waals surface area contributed by atoms with E-state index in [1.54, 1.807) is 6.07 Å². The predicted octanol–water partition coefficient (Wildman–Crippen LogP) is 3.94. The van der Waals surface area contributed by atoms with Gasteiger partial charge in [-0.15, -0.1) is 11.3 Å². The average molecular weight is 361 g/mol. The van der Waals surface area contributed by atoms with Gasteiger partial charge in [-0.3, -0.25) is 0 Å². The van der Waals surface area contributed by atoms with Crippen molar-refractivity contribution in [1.82, 2.24) is 9.29 Å². The van der Waals surface area contributed by atoms with E-state index in [1.165, 1.54) is 11.3 Å². The highest BCUT2D eigenvalue weighted by molar-refractivity contribution is 7.91. The van der Waals surface area contributed by atoms with Crippen molar-refractivity contribution in [2.24, 2.45) is 0 Å². The zero-order valence-corrected chi connectivity index (χ0v) is 15.5. The van der Waals surface area contributed by atoms with Crippen LogP contribution in [0.2, 0.25) is 0 Å². The number of aryl methyl sites for hydroxylation is 2. The molecule has 0 aliphatic carbocycles. The second-order valence-electron chi connectivity index (χ2n) is 5.76. The Bertz CT molecular complexity index is 954. The second-order valence-corrected chi connectivity index (χ2v) is 9.04. The van der Waals surface area contributed by atoms with E-state index in [-0.39, 0.29) is 6.54 Å². The monoisotopic (exact) mass is 360 g/mol. The fraction of sp³-hybridized carbons (Fsp3) is 0.222. The van der Waals surface area contributed by atoms with Crippen molar-refractivity contribution in [1.29, 1.82) is 0 Å². The summed E-state index contributed by atoms with van der Waals surface area (Å²) in [6.45, 7) is 6.22. The van der Waals surface area contributed by atoms with Crippen molar-refractivity contribution in [3.63, 3.8) is 0 Å². The summed E-state index contributed by atoms with van der Waals surface area (Å²) in [5, 5.41) is 0. The molecule has 0 radical (unpaired) electrons. The number of hydrogen-bond acceptors (Lipinski definition) is 3. The minimum Gasteiger partial charge on any atom is -0.318 e. The van der Waals surface area contributed by atoms with Crippen molar-refractivity contribution in [2.45, 2.75) is 31.5 Å². The molecule has 0 aliphatic rings. The van der Waals surface area contributed by atoms with Gasteiger partial charge < -0.3 is 4.57 Å². The summed E-state index contributed by atoms with van der Waals surface area (Å²) in [5.41, 5.74) is 4.19. The molecule has 3 aromatic rings. The number of benzene rings is 1. The van der Waals surface area contributed by atoms with Gasteiger partial charge in [0.25, 0.3) is 0 Å². The molecule has 0 spiro atoms. The van der Waals surface area contributed by atoms with Gasteiger partial charge >= 0.3 is 0 Å². The van der Waals surface area contributed by atoms with E-state index >= 15 is 0 Å². The van der Waals surface area contributed by atoms with Crippen molar-refractivity contribution >= 4 is 21.4 Å². The van der Waals surface area contributed by atoms with E-state index in [0.29, 0.717) is 4.21 Å². The van der Waals surface area contributed by atoms with E-state index in [1.807, 2.05) is 63.2 Å². The normalized spacial score (nSPS) is 11.8. The predicted molar refractivity (Wildman–Crippen MR) is 98.3 cm³/mol. The lowest BCUT2D eigenvalue weighted by molar-refractivity contribution is 0.583. The molecule has 0 saturated carbocycles. The fourth-order valence-electron chi connectivity index (χ4n) is 2.78. The second kappa shape index (κ2) is 6.55. The quantitative estimate of drug-likeness (QED) is 0.749. The Balaban J connectivity index is 1.85. The van der Waals surface area contributed by atoms with Gasteiger partial charge in [0.15, 0.2) is 0 Å². The Morgan fingerprint density at radius 2 is 1.75 bits per heavy atom. The molecular formula is C18H20N2O2S2. The highest BCUT2D eigenvalue weighted by atomic mass is 32.2. The number of rotatable bonds is 5. The zero-order valence-electron chi connectivity index (χ0n) is 13.9. The van der Waals surface area contributed by atoms with Gasteiger partial charge in [0.05, 0.1) is 0 Å². The first-order chi connectivity index (χ1) is 11.4. The Kier molecular flexibility index (Phi) is 4.62. The van der Waals surface area contributed by atoms with Crippen LogP contribution in [0.3, 0.4) is 0 Å². The summed E-state index contributed by atoms with van der Waals surface area (Å²) in [4.78, 5) is 0.984. The first-order valence-electron chi connectivity index (χ1n) is 7.68. The number of nitrogens with one attached hydrogen (secondary N) is 1. The molecule has 0 aliphatic heterocycles. The van der Waals surface area contributed by atoms with Gasteiger partial charge in [-0.1, -0.05) is 18.2 Å². The van der Waals surface area contributed by atoms with Crippen LogP contribution in [-0.2, 0) is 16.6 Å². The Hall–Kier alpha value is -1.89. The lowest BCUT2D eigenvalue weighted by Crippen LogP contribution is -2.22. The molecule has 6 heteroatoms. The molecule has 0 atom stereocenters. The Morgan fingerprint density at radius 3 is 2.38 bits per heavy atom. The molecule has 0 fully saturated rings. The van der Waals surface area contributed by atoms with Crippen molar-refractivity contribution in [3.05, 3.63) is 70.4 Å². The fourth-order valence-corrected chi connectivity index (χ4v) is 5.12. The van der Waals surface area contributed by atoms with Crippen LogP contribution in [0, 0.1) is 20.8 Å².